The number of hydrogen-bond donors (Lipinski definition) is 1. The van der Waals surface area contributed by atoms with E-state index in [2.05, 4.69) is 34.6 Å². The van der Waals surface area contributed by atoms with Gasteiger partial charge in [-0.2, -0.15) is 0 Å². The maximum Gasteiger partial charge on any atom is 0.227 e. The maximum atomic E-state index is 12.2. The van der Waals surface area contributed by atoms with Crippen molar-refractivity contribution in [2.75, 3.05) is 26.2 Å². The highest BCUT2D eigenvalue weighted by molar-refractivity contribution is 5.93. The summed E-state index contributed by atoms with van der Waals surface area (Å²) in [6, 6.07) is 8.85. The second-order valence-electron chi connectivity index (χ2n) is 7.62. The van der Waals surface area contributed by atoms with Gasteiger partial charge in [0.25, 0.3) is 0 Å². The number of benzene rings is 1. The number of nitrogens with one attached hydrogen (secondary N) is 1. The molecule has 1 aliphatic carbocycles. The van der Waals surface area contributed by atoms with E-state index >= 15 is 0 Å². The van der Waals surface area contributed by atoms with Crippen LogP contribution in [0.3, 0.4) is 0 Å². The molecule has 0 radical (unpaired) electrons. The zero-order chi connectivity index (χ0) is 17.2. The summed E-state index contributed by atoms with van der Waals surface area (Å²) < 4.78 is 1.85. The van der Waals surface area contributed by atoms with E-state index < -0.39 is 0 Å². The van der Waals surface area contributed by atoms with Gasteiger partial charge >= 0.3 is 0 Å². The fourth-order valence-electron chi connectivity index (χ4n) is 4.86. The molecular formula is C21H29N3O. The predicted molar refractivity (Wildman–Crippen MR) is 102 cm³/mol. The lowest BCUT2D eigenvalue weighted by atomic mass is 9.80. The predicted octanol–water partition coefficient (Wildman–Crippen LogP) is 3.83. The van der Waals surface area contributed by atoms with Gasteiger partial charge in [0, 0.05) is 50.7 Å². The summed E-state index contributed by atoms with van der Waals surface area (Å²) in [5.41, 5.74) is 2.42. The monoisotopic (exact) mass is 339 g/mol. The first-order valence-electron chi connectivity index (χ1n) is 9.81. The third-order valence-electron chi connectivity index (χ3n) is 6.04. The Morgan fingerprint density at radius 2 is 1.84 bits per heavy atom. The van der Waals surface area contributed by atoms with Crippen LogP contribution < -0.4 is 5.32 Å². The van der Waals surface area contributed by atoms with Crippen molar-refractivity contribution in [2.24, 2.45) is 5.92 Å². The summed E-state index contributed by atoms with van der Waals surface area (Å²) in [4.78, 5) is 14.9. The van der Waals surface area contributed by atoms with Gasteiger partial charge in [0.2, 0.25) is 5.91 Å². The fourth-order valence-corrected chi connectivity index (χ4v) is 4.86. The molecule has 0 bridgehead atoms. The summed E-state index contributed by atoms with van der Waals surface area (Å²) in [5.74, 6) is 0.809. The highest BCUT2D eigenvalue weighted by atomic mass is 16.1. The van der Waals surface area contributed by atoms with Gasteiger partial charge < -0.3 is 5.32 Å². The molecule has 25 heavy (non-hydrogen) atoms. The number of para-hydroxylation sites is 1. The fraction of sp³-hybridized carbons (Fsp3) is 0.571. The zero-order valence-electron chi connectivity index (χ0n) is 15.2. The molecule has 2 fully saturated rings. The van der Waals surface area contributed by atoms with Crippen LogP contribution in [0.25, 0.3) is 10.9 Å². The summed E-state index contributed by atoms with van der Waals surface area (Å²) in [6.07, 6.45) is 8.83. The minimum absolute atomic E-state index is 0.102. The van der Waals surface area contributed by atoms with Gasteiger partial charge in [-0.15, -0.1) is 0 Å². The third-order valence-corrected chi connectivity index (χ3v) is 6.04. The molecule has 4 nitrogen and oxygen atoms in total. The summed E-state index contributed by atoms with van der Waals surface area (Å²) in [7, 11) is 0. The van der Waals surface area contributed by atoms with Crippen LogP contribution in [0.1, 0.15) is 55.4 Å². The van der Waals surface area contributed by atoms with Crippen LogP contribution in [0.5, 0.6) is 0 Å². The van der Waals surface area contributed by atoms with Crippen LogP contribution in [0, 0.1) is 5.92 Å². The molecule has 1 aromatic carbocycles. The van der Waals surface area contributed by atoms with Gasteiger partial charge in [-0.1, -0.05) is 37.5 Å². The van der Waals surface area contributed by atoms with Crippen molar-refractivity contribution < 1.29 is 4.79 Å². The van der Waals surface area contributed by atoms with Crippen molar-refractivity contribution in [3.05, 3.63) is 36.0 Å². The van der Waals surface area contributed by atoms with E-state index in [1.165, 1.54) is 43.1 Å². The highest BCUT2D eigenvalue weighted by Gasteiger charge is 2.33. The minimum atomic E-state index is 0.102. The molecule has 1 atom stereocenters. The number of fused-ring (bicyclic) bond motifs is 1. The number of hydrogen-bond acceptors (Lipinski definition) is 3. The first kappa shape index (κ1) is 16.8. The van der Waals surface area contributed by atoms with E-state index in [0.717, 1.165) is 31.7 Å². The Labute approximate surface area is 150 Å². The third kappa shape index (κ3) is 3.25. The van der Waals surface area contributed by atoms with E-state index in [9.17, 15) is 4.79 Å². The molecule has 1 saturated carbocycles. The van der Waals surface area contributed by atoms with Crippen molar-refractivity contribution in [3.63, 3.8) is 0 Å². The van der Waals surface area contributed by atoms with Gasteiger partial charge in [-0.25, -0.2) is 0 Å². The second kappa shape index (κ2) is 7.30. The summed E-state index contributed by atoms with van der Waals surface area (Å²) >= 11 is 0. The van der Waals surface area contributed by atoms with E-state index in [0.29, 0.717) is 12.0 Å². The molecule has 0 amide bonds. The molecule has 4 heteroatoms. The topological polar surface area (TPSA) is 37.3 Å². The van der Waals surface area contributed by atoms with Crippen LogP contribution in [0.15, 0.2) is 30.5 Å². The molecule has 4 rings (SSSR count). The molecule has 1 aromatic heterocycles. The maximum absolute atomic E-state index is 12.2. The van der Waals surface area contributed by atoms with E-state index in [-0.39, 0.29) is 5.91 Å². The first-order valence-corrected chi connectivity index (χ1v) is 9.81. The number of aromatic nitrogens is 1. The first-order chi connectivity index (χ1) is 12.3. The van der Waals surface area contributed by atoms with Crippen LogP contribution in [0.4, 0.5) is 0 Å². The van der Waals surface area contributed by atoms with E-state index in [1.54, 1.807) is 6.92 Å². The smallest absolute Gasteiger partial charge is 0.227 e. The molecule has 1 aliphatic heterocycles. The molecule has 0 spiro atoms. The van der Waals surface area contributed by atoms with Crippen LogP contribution >= 0.6 is 0 Å². The number of nitrogens with zero attached hydrogens (tertiary/aromatic N) is 2. The van der Waals surface area contributed by atoms with E-state index in [1.807, 2.05) is 10.6 Å². The number of carbonyl (C=O) groups excluding carboxylic acids is 1. The quantitative estimate of drug-likeness (QED) is 0.923. The number of piperazine rings is 1. The Morgan fingerprint density at radius 3 is 2.56 bits per heavy atom. The van der Waals surface area contributed by atoms with E-state index in [4.69, 9.17) is 0 Å². The molecular weight excluding hydrogens is 310 g/mol. The van der Waals surface area contributed by atoms with Gasteiger partial charge in [-0.3, -0.25) is 14.3 Å². The van der Waals surface area contributed by atoms with Crippen LogP contribution in [-0.2, 0) is 0 Å². The Morgan fingerprint density at radius 1 is 1.12 bits per heavy atom. The van der Waals surface area contributed by atoms with Gasteiger partial charge in [-0.05, 0) is 30.4 Å². The lowest BCUT2D eigenvalue weighted by Crippen LogP contribution is -2.47. The molecule has 1 N–H and O–H groups in total. The Hall–Kier alpha value is -1.65. The minimum Gasteiger partial charge on any atom is -0.314 e. The molecule has 1 saturated heterocycles. The standard InChI is InChI=1S/C21H29N3O/c1-16(25)24-15-19(18-9-5-6-10-20(18)24)21(17-7-3-2-4-8-17)23-13-11-22-12-14-23/h5-6,9-10,15,17,21-22H,2-4,7-8,11-14H2,1H3/t21-/m1/s1. The highest BCUT2D eigenvalue weighted by Crippen LogP contribution is 2.41. The normalized spacial score (nSPS) is 21.5. The lowest BCUT2D eigenvalue weighted by molar-refractivity contribution is 0.0936. The average Bonchev–Trinajstić information content (AvgIpc) is 3.04. The van der Waals surface area contributed by atoms with Gasteiger partial charge in [0.1, 0.15) is 0 Å². The second-order valence-corrected chi connectivity index (χ2v) is 7.62. The molecule has 0 unspecified atom stereocenters. The van der Waals surface area contributed by atoms with Crippen molar-refractivity contribution in [1.29, 1.82) is 0 Å². The molecule has 2 heterocycles. The van der Waals surface area contributed by atoms with Crippen LogP contribution in [0.2, 0.25) is 0 Å². The van der Waals surface area contributed by atoms with Crippen molar-refractivity contribution in [1.82, 2.24) is 14.8 Å². The lowest BCUT2D eigenvalue weighted by Gasteiger charge is -2.41. The van der Waals surface area contributed by atoms with Crippen molar-refractivity contribution in [2.45, 2.75) is 45.1 Å². The Balaban J connectivity index is 1.80. The average molecular weight is 339 g/mol. The summed E-state index contributed by atoms with van der Waals surface area (Å²) in [6.45, 7) is 5.99. The Kier molecular flexibility index (Phi) is 4.91. The van der Waals surface area contributed by atoms with Crippen LogP contribution in [-0.4, -0.2) is 41.6 Å². The van der Waals surface area contributed by atoms with Crippen molar-refractivity contribution >= 4 is 16.8 Å². The summed E-state index contributed by atoms with van der Waals surface area (Å²) in [5, 5.41) is 4.74. The Bertz CT molecular complexity index is 721. The largest absolute Gasteiger partial charge is 0.314 e. The number of carbonyl (C=O) groups is 1. The van der Waals surface area contributed by atoms with Gasteiger partial charge in [0.15, 0.2) is 0 Å². The SMILES string of the molecule is CC(=O)n1cc([C@@H](C2CCCCC2)N2CCNCC2)c2ccccc21. The number of rotatable bonds is 3. The molecule has 2 aliphatic rings. The molecule has 134 valence electrons. The van der Waals surface area contributed by atoms with Crippen molar-refractivity contribution in [3.8, 4) is 0 Å². The zero-order valence-corrected chi connectivity index (χ0v) is 15.2. The molecule has 2 aromatic rings. The van der Waals surface area contributed by atoms with Gasteiger partial charge in [0.05, 0.1) is 5.52 Å².